The molecule has 0 unspecified atom stereocenters. The molecule has 8 heteroatoms. The number of carbonyl (C=O) groups excluding carboxylic acids is 1. The largest absolute Gasteiger partial charge is 0.324 e. The Hall–Kier alpha value is -1.76. The Labute approximate surface area is 170 Å². The fourth-order valence-corrected chi connectivity index (χ4v) is 4.49. The van der Waals surface area contributed by atoms with Gasteiger partial charge < -0.3 is 5.32 Å². The minimum Gasteiger partial charge on any atom is -0.324 e. The van der Waals surface area contributed by atoms with Crippen molar-refractivity contribution in [1.29, 1.82) is 0 Å². The van der Waals surface area contributed by atoms with Gasteiger partial charge in [-0.05, 0) is 61.7 Å². The first-order chi connectivity index (χ1) is 12.5. The zero-order valence-electron chi connectivity index (χ0n) is 15.6. The molecule has 0 fully saturated rings. The lowest BCUT2D eigenvalue weighted by Gasteiger charge is -2.31. The first kappa shape index (κ1) is 21.5. The van der Waals surface area contributed by atoms with Crippen LogP contribution in [-0.4, -0.2) is 26.6 Å². The second-order valence-electron chi connectivity index (χ2n) is 6.36. The number of carbonyl (C=O) groups is 1. The first-order valence-electron chi connectivity index (χ1n) is 8.37. The zero-order valence-corrected chi connectivity index (χ0v) is 17.9. The number of amides is 1. The van der Waals surface area contributed by atoms with Crippen molar-refractivity contribution in [3.8, 4) is 0 Å². The molecule has 2 aromatic rings. The van der Waals surface area contributed by atoms with Gasteiger partial charge in [-0.2, -0.15) is 0 Å². The SMILES string of the molecule is CC[C@@H](C(=O)Nc1ccc(Cl)cc1C)N(c1cc(Cl)ccc1C)S(C)(=O)=O. The molecule has 0 radical (unpaired) electrons. The Morgan fingerprint density at radius 2 is 1.67 bits per heavy atom. The molecule has 0 spiro atoms. The summed E-state index contributed by atoms with van der Waals surface area (Å²) in [6.45, 7) is 5.35. The molecule has 0 saturated carbocycles. The maximum Gasteiger partial charge on any atom is 0.248 e. The highest BCUT2D eigenvalue weighted by atomic mass is 35.5. The molecule has 27 heavy (non-hydrogen) atoms. The van der Waals surface area contributed by atoms with Crippen molar-refractivity contribution in [2.24, 2.45) is 0 Å². The number of rotatable bonds is 6. The molecule has 2 aromatic carbocycles. The molecule has 1 amide bonds. The van der Waals surface area contributed by atoms with Crippen molar-refractivity contribution < 1.29 is 13.2 Å². The van der Waals surface area contributed by atoms with Crippen molar-refractivity contribution in [2.75, 3.05) is 15.9 Å². The average molecular weight is 429 g/mol. The van der Waals surface area contributed by atoms with Crippen molar-refractivity contribution >= 4 is 50.5 Å². The summed E-state index contributed by atoms with van der Waals surface area (Å²) in [5, 5.41) is 3.76. The van der Waals surface area contributed by atoms with Crippen LogP contribution in [0, 0.1) is 13.8 Å². The molecule has 5 nitrogen and oxygen atoms in total. The maximum atomic E-state index is 13.0. The van der Waals surface area contributed by atoms with Gasteiger partial charge in [0.25, 0.3) is 0 Å². The van der Waals surface area contributed by atoms with E-state index < -0.39 is 22.0 Å². The normalized spacial score (nSPS) is 12.5. The van der Waals surface area contributed by atoms with Crippen LogP contribution in [0.25, 0.3) is 0 Å². The molecule has 0 aromatic heterocycles. The van der Waals surface area contributed by atoms with Crippen molar-refractivity contribution in [1.82, 2.24) is 0 Å². The summed E-state index contributed by atoms with van der Waals surface area (Å²) >= 11 is 12.0. The predicted molar refractivity (Wildman–Crippen MR) is 112 cm³/mol. The van der Waals surface area contributed by atoms with Crippen LogP contribution in [0.1, 0.15) is 24.5 Å². The molecular weight excluding hydrogens is 407 g/mol. The summed E-state index contributed by atoms with van der Waals surface area (Å²) in [6, 6.07) is 9.13. The Bertz CT molecular complexity index is 961. The van der Waals surface area contributed by atoms with E-state index in [1.165, 1.54) is 0 Å². The summed E-state index contributed by atoms with van der Waals surface area (Å²) in [7, 11) is -3.73. The number of benzene rings is 2. The minimum atomic E-state index is -3.73. The predicted octanol–water partition coefficient (Wildman–Crippen LogP) is 4.79. The Balaban J connectivity index is 2.46. The highest BCUT2D eigenvalue weighted by Gasteiger charge is 2.32. The molecule has 0 heterocycles. The van der Waals surface area contributed by atoms with E-state index in [1.807, 2.05) is 6.92 Å². The van der Waals surface area contributed by atoms with Crippen LogP contribution >= 0.6 is 23.2 Å². The average Bonchev–Trinajstić information content (AvgIpc) is 2.56. The molecule has 2 rings (SSSR count). The second kappa shape index (κ2) is 8.50. The van der Waals surface area contributed by atoms with Gasteiger partial charge in [0, 0.05) is 15.7 Å². The van der Waals surface area contributed by atoms with Crippen LogP contribution in [0.4, 0.5) is 11.4 Å². The monoisotopic (exact) mass is 428 g/mol. The Kier molecular flexibility index (Phi) is 6.78. The third-order valence-corrected chi connectivity index (χ3v) is 5.82. The van der Waals surface area contributed by atoms with E-state index in [1.54, 1.807) is 50.2 Å². The summed E-state index contributed by atoms with van der Waals surface area (Å²) < 4.78 is 26.2. The number of aryl methyl sites for hydroxylation is 2. The molecule has 0 bridgehead atoms. The van der Waals surface area contributed by atoms with Gasteiger partial charge in [0.2, 0.25) is 15.9 Å². The number of anilines is 2. The van der Waals surface area contributed by atoms with Crippen molar-refractivity contribution in [3.05, 3.63) is 57.6 Å². The standard InChI is InChI=1S/C19H22Cl2N2O3S/c1-5-17(19(24)22-16-9-8-14(20)10-13(16)3)23(27(4,25)26)18-11-15(21)7-6-12(18)2/h6-11,17H,5H2,1-4H3,(H,22,24)/t17-/m0/s1. The van der Waals surface area contributed by atoms with Crippen LogP contribution in [0.2, 0.25) is 10.0 Å². The molecule has 0 saturated heterocycles. The van der Waals surface area contributed by atoms with Gasteiger partial charge in [0.15, 0.2) is 0 Å². The number of hydrogen-bond donors (Lipinski definition) is 1. The third-order valence-electron chi connectivity index (χ3n) is 4.18. The number of halogens is 2. The Morgan fingerprint density at radius 3 is 2.22 bits per heavy atom. The summed E-state index contributed by atoms with van der Waals surface area (Å²) in [5.74, 6) is -0.423. The molecule has 1 atom stereocenters. The smallest absolute Gasteiger partial charge is 0.248 e. The van der Waals surface area contributed by atoms with E-state index in [9.17, 15) is 13.2 Å². The fourth-order valence-electron chi connectivity index (χ4n) is 2.84. The maximum absolute atomic E-state index is 13.0. The van der Waals surface area contributed by atoms with E-state index in [4.69, 9.17) is 23.2 Å². The topological polar surface area (TPSA) is 66.5 Å². The van der Waals surface area contributed by atoms with E-state index in [2.05, 4.69) is 5.32 Å². The lowest BCUT2D eigenvalue weighted by Crippen LogP contribution is -2.47. The van der Waals surface area contributed by atoms with Crippen LogP contribution < -0.4 is 9.62 Å². The van der Waals surface area contributed by atoms with E-state index in [0.717, 1.165) is 16.1 Å². The van der Waals surface area contributed by atoms with Crippen molar-refractivity contribution in [2.45, 2.75) is 33.2 Å². The molecule has 1 N–H and O–H groups in total. The van der Waals surface area contributed by atoms with Gasteiger partial charge in [0.1, 0.15) is 6.04 Å². The van der Waals surface area contributed by atoms with Gasteiger partial charge >= 0.3 is 0 Å². The molecule has 146 valence electrons. The third kappa shape index (κ3) is 5.15. The lowest BCUT2D eigenvalue weighted by atomic mass is 10.1. The first-order valence-corrected chi connectivity index (χ1v) is 11.0. The van der Waals surface area contributed by atoms with Crippen LogP contribution in [0.5, 0.6) is 0 Å². The minimum absolute atomic E-state index is 0.289. The van der Waals surface area contributed by atoms with Gasteiger partial charge in [-0.1, -0.05) is 36.2 Å². The number of hydrogen-bond acceptors (Lipinski definition) is 3. The van der Waals surface area contributed by atoms with Gasteiger partial charge in [-0.15, -0.1) is 0 Å². The van der Waals surface area contributed by atoms with Gasteiger partial charge in [0.05, 0.1) is 11.9 Å². The molecule has 0 aliphatic rings. The lowest BCUT2D eigenvalue weighted by molar-refractivity contribution is -0.117. The number of nitrogens with one attached hydrogen (secondary N) is 1. The summed E-state index contributed by atoms with van der Waals surface area (Å²) in [6.07, 6.45) is 1.37. The molecular formula is C19H22Cl2N2O3S. The Morgan fingerprint density at radius 1 is 1.07 bits per heavy atom. The van der Waals surface area contributed by atoms with Gasteiger partial charge in [-0.25, -0.2) is 8.42 Å². The van der Waals surface area contributed by atoms with E-state index in [-0.39, 0.29) is 6.42 Å². The zero-order chi connectivity index (χ0) is 20.4. The quantitative estimate of drug-likeness (QED) is 0.718. The van der Waals surface area contributed by atoms with E-state index >= 15 is 0 Å². The highest BCUT2D eigenvalue weighted by Crippen LogP contribution is 2.30. The molecule has 0 aliphatic heterocycles. The van der Waals surface area contributed by atoms with Crippen LogP contribution in [0.15, 0.2) is 36.4 Å². The van der Waals surface area contributed by atoms with Crippen LogP contribution in [0.3, 0.4) is 0 Å². The fraction of sp³-hybridized carbons (Fsp3) is 0.316. The second-order valence-corrected chi connectivity index (χ2v) is 9.09. The van der Waals surface area contributed by atoms with Gasteiger partial charge in [-0.3, -0.25) is 9.10 Å². The van der Waals surface area contributed by atoms with E-state index in [0.29, 0.717) is 27.0 Å². The summed E-state index contributed by atoms with van der Waals surface area (Å²) in [4.78, 5) is 13.0. The van der Waals surface area contributed by atoms with Crippen molar-refractivity contribution in [3.63, 3.8) is 0 Å². The van der Waals surface area contributed by atoms with Crippen LogP contribution in [-0.2, 0) is 14.8 Å². The number of sulfonamides is 1. The molecule has 0 aliphatic carbocycles. The number of nitrogens with zero attached hydrogens (tertiary/aromatic N) is 1. The summed E-state index contributed by atoms with van der Waals surface area (Å²) in [5.41, 5.74) is 2.47. The highest BCUT2D eigenvalue weighted by molar-refractivity contribution is 7.92.